The maximum absolute atomic E-state index is 13.3. The van der Waals surface area contributed by atoms with Crippen molar-refractivity contribution < 1.29 is 9.18 Å². The van der Waals surface area contributed by atoms with Gasteiger partial charge in [0.15, 0.2) is 0 Å². The molecule has 0 saturated carbocycles. The van der Waals surface area contributed by atoms with E-state index in [1.807, 2.05) is 29.2 Å². The van der Waals surface area contributed by atoms with Crippen molar-refractivity contribution in [2.45, 2.75) is 19.9 Å². The molecule has 6 nitrogen and oxygen atoms in total. The van der Waals surface area contributed by atoms with Gasteiger partial charge in [0.05, 0.1) is 29.4 Å². The number of hydrogen-bond donors (Lipinski definition) is 0. The van der Waals surface area contributed by atoms with Crippen molar-refractivity contribution in [1.29, 1.82) is 5.26 Å². The summed E-state index contributed by atoms with van der Waals surface area (Å²) in [6, 6.07) is 15.8. The average molecular weight is 452 g/mol. The molecule has 0 atom stereocenters. The van der Waals surface area contributed by atoms with E-state index in [1.165, 1.54) is 12.1 Å². The Kier molecular flexibility index (Phi) is 6.42. The minimum absolute atomic E-state index is 0.125. The van der Waals surface area contributed by atoms with Gasteiger partial charge >= 0.3 is 0 Å². The van der Waals surface area contributed by atoms with E-state index < -0.39 is 0 Å². The minimum atomic E-state index is -0.302. The standard InChI is InChI=1S/C24H23ClFN5O/c1-17-22(23(25)31(28-17)16-19-3-7-20(26)8-4-19)24(32)30-12-2-11-29(13-14-30)21-9-5-18(15-27)6-10-21/h3-10H,2,11-14,16H2,1H3. The zero-order chi connectivity index (χ0) is 22.7. The largest absolute Gasteiger partial charge is 0.370 e. The molecule has 0 radical (unpaired) electrons. The molecule has 0 spiro atoms. The maximum Gasteiger partial charge on any atom is 0.258 e. The Hall–Kier alpha value is -3.37. The summed E-state index contributed by atoms with van der Waals surface area (Å²) in [6.45, 7) is 4.85. The van der Waals surface area contributed by atoms with Crippen LogP contribution < -0.4 is 4.90 Å². The van der Waals surface area contributed by atoms with Gasteiger partial charge in [-0.3, -0.25) is 4.79 Å². The second-order valence-corrected chi connectivity index (χ2v) is 8.18. The molecule has 4 rings (SSSR count). The van der Waals surface area contributed by atoms with Crippen molar-refractivity contribution >= 4 is 23.2 Å². The Morgan fingerprint density at radius 2 is 1.81 bits per heavy atom. The Bertz CT molecular complexity index is 1150. The zero-order valence-corrected chi connectivity index (χ0v) is 18.5. The number of anilines is 1. The summed E-state index contributed by atoms with van der Waals surface area (Å²) in [5, 5.41) is 13.7. The topological polar surface area (TPSA) is 65.2 Å². The molecule has 1 fully saturated rings. The first-order chi connectivity index (χ1) is 15.5. The summed E-state index contributed by atoms with van der Waals surface area (Å²) in [7, 11) is 0. The van der Waals surface area contributed by atoms with E-state index in [0.717, 1.165) is 24.2 Å². The predicted molar refractivity (Wildman–Crippen MR) is 121 cm³/mol. The molecule has 8 heteroatoms. The molecule has 0 bridgehead atoms. The fourth-order valence-corrected chi connectivity index (χ4v) is 4.26. The van der Waals surface area contributed by atoms with Crippen LogP contribution in [0.1, 0.15) is 33.6 Å². The Morgan fingerprint density at radius 1 is 1.09 bits per heavy atom. The third-order valence-electron chi connectivity index (χ3n) is 5.67. The number of nitrogens with zero attached hydrogens (tertiary/aromatic N) is 5. The number of halogens is 2. The van der Waals surface area contributed by atoms with Crippen LogP contribution in [0.3, 0.4) is 0 Å². The Morgan fingerprint density at radius 3 is 2.50 bits per heavy atom. The second kappa shape index (κ2) is 9.41. The lowest BCUT2D eigenvalue weighted by molar-refractivity contribution is 0.0766. The van der Waals surface area contributed by atoms with Gasteiger partial charge in [-0.2, -0.15) is 10.4 Å². The van der Waals surface area contributed by atoms with Crippen LogP contribution in [-0.4, -0.2) is 46.8 Å². The number of carbonyl (C=O) groups excluding carboxylic acids is 1. The number of carbonyl (C=O) groups is 1. The predicted octanol–water partition coefficient (Wildman–Crippen LogP) is 4.26. The van der Waals surface area contributed by atoms with Gasteiger partial charge in [-0.1, -0.05) is 23.7 Å². The van der Waals surface area contributed by atoms with E-state index >= 15 is 0 Å². The SMILES string of the molecule is Cc1nn(Cc2ccc(F)cc2)c(Cl)c1C(=O)N1CCCN(c2ccc(C#N)cc2)CC1. The van der Waals surface area contributed by atoms with E-state index in [0.29, 0.717) is 48.2 Å². The quantitative estimate of drug-likeness (QED) is 0.594. The van der Waals surface area contributed by atoms with Crippen molar-refractivity contribution in [2.24, 2.45) is 0 Å². The van der Waals surface area contributed by atoms with Crippen molar-refractivity contribution in [3.8, 4) is 6.07 Å². The lowest BCUT2D eigenvalue weighted by atomic mass is 10.2. The first-order valence-electron chi connectivity index (χ1n) is 10.5. The number of rotatable bonds is 4. The lowest BCUT2D eigenvalue weighted by Crippen LogP contribution is -2.35. The Balaban J connectivity index is 1.47. The van der Waals surface area contributed by atoms with Crippen molar-refractivity contribution in [1.82, 2.24) is 14.7 Å². The molecule has 1 saturated heterocycles. The number of benzene rings is 2. The minimum Gasteiger partial charge on any atom is -0.370 e. The third kappa shape index (κ3) is 4.61. The van der Waals surface area contributed by atoms with Gasteiger partial charge in [0.2, 0.25) is 0 Å². The van der Waals surface area contributed by atoms with Crippen LogP contribution in [0.4, 0.5) is 10.1 Å². The first-order valence-corrected chi connectivity index (χ1v) is 10.9. The zero-order valence-electron chi connectivity index (χ0n) is 17.8. The van der Waals surface area contributed by atoms with Gasteiger partial charge in [0.25, 0.3) is 5.91 Å². The fraction of sp³-hybridized carbons (Fsp3) is 0.292. The van der Waals surface area contributed by atoms with Gasteiger partial charge in [-0.05, 0) is 55.3 Å². The average Bonchev–Trinajstić information content (AvgIpc) is 2.97. The van der Waals surface area contributed by atoms with Crippen molar-refractivity contribution in [2.75, 3.05) is 31.1 Å². The molecule has 32 heavy (non-hydrogen) atoms. The lowest BCUT2D eigenvalue weighted by Gasteiger charge is -2.23. The van der Waals surface area contributed by atoms with Crippen molar-refractivity contribution in [3.05, 3.63) is 81.9 Å². The molecular weight excluding hydrogens is 429 g/mol. The van der Waals surface area contributed by atoms with E-state index in [2.05, 4.69) is 16.1 Å². The van der Waals surface area contributed by atoms with Gasteiger partial charge in [0.1, 0.15) is 11.0 Å². The number of aromatic nitrogens is 2. The molecule has 1 aromatic heterocycles. The first kappa shape index (κ1) is 21.8. The smallest absolute Gasteiger partial charge is 0.258 e. The number of nitriles is 1. The van der Waals surface area contributed by atoms with E-state index in [9.17, 15) is 9.18 Å². The molecule has 1 aliphatic rings. The number of aryl methyl sites for hydroxylation is 1. The normalized spacial score (nSPS) is 14.2. The van der Waals surface area contributed by atoms with Crippen molar-refractivity contribution in [3.63, 3.8) is 0 Å². The molecule has 164 valence electrons. The summed E-state index contributed by atoms with van der Waals surface area (Å²) in [6.07, 6.45) is 0.826. The molecule has 0 N–H and O–H groups in total. The fourth-order valence-electron chi connectivity index (χ4n) is 3.95. The highest BCUT2D eigenvalue weighted by atomic mass is 35.5. The Labute approximate surface area is 191 Å². The highest BCUT2D eigenvalue weighted by molar-refractivity contribution is 6.33. The third-order valence-corrected chi connectivity index (χ3v) is 6.05. The van der Waals surface area contributed by atoms with Gasteiger partial charge < -0.3 is 9.80 Å². The summed E-state index contributed by atoms with van der Waals surface area (Å²) in [5.41, 5.74) is 3.52. The highest BCUT2D eigenvalue weighted by Crippen LogP contribution is 2.24. The number of amides is 1. The van der Waals surface area contributed by atoms with Crippen LogP contribution in [0, 0.1) is 24.1 Å². The monoisotopic (exact) mass is 451 g/mol. The van der Waals surface area contributed by atoms with Gasteiger partial charge in [0, 0.05) is 31.9 Å². The molecule has 1 aliphatic heterocycles. The van der Waals surface area contributed by atoms with E-state index in [4.69, 9.17) is 16.9 Å². The van der Waals surface area contributed by atoms with Crippen LogP contribution in [0.15, 0.2) is 48.5 Å². The highest BCUT2D eigenvalue weighted by Gasteiger charge is 2.27. The molecule has 0 unspecified atom stereocenters. The van der Waals surface area contributed by atoms with E-state index in [1.54, 1.807) is 23.7 Å². The summed E-state index contributed by atoms with van der Waals surface area (Å²) < 4.78 is 14.8. The number of hydrogen-bond acceptors (Lipinski definition) is 4. The molecule has 3 aromatic rings. The molecule has 2 aromatic carbocycles. The summed E-state index contributed by atoms with van der Waals surface area (Å²) in [5.74, 6) is -0.428. The second-order valence-electron chi connectivity index (χ2n) is 7.83. The van der Waals surface area contributed by atoms with Gasteiger partial charge in [-0.25, -0.2) is 9.07 Å². The molecule has 1 amide bonds. The van der Waals surface area contributed by atoms with Crippen LogP contribution in [0.2, 0.25) is 5.15 Å². The van der Waals surface area contributed by atoms with Gasteiger partial charge in [-0.15, -0.1) is 0 Å². The summed E-state index contributed by atoms with van der Waals surface area (Å²) in [4.78, 5) is 17.4. The summed E-state index contributed by atoms with van der Waals surface area (Å²) >= 11 is 6.56. The van der Waals surface area contributed by atoms with E-state index in [-0.39, 0.29) is 11.7 Å². The maximum atomic E-state index is 13.3. The van der Waals surface area contributed by atoms with Crippen LogP contribution in [0.25, 0.3) is 0 Å². The molecular formula is C24H23ClFN5O. The van der Waals surface area contributed by atoms with Crippen LogP contribution >= 0.6 is 11.6 Å². The van der Waals surface area contributed by atoms with Crippen LogP contribution in [-0.2, 0) is 6.54 Å². The van der Waals surface area contributed by atoms with Crippen LogP contribution in [0.5, 0.6) is 0 Å². The molecule has 2 heterocycles. The molecule has 0 aliphatic carbocycles.